The number of likely N-dealkylation sites (N-methyl/N-ethyl adjacent to an activating group) is 1. The van der Waals surface area contributed by atoms with Crippen LogP contribution >= 0.6 is 0 Å². The Hall–Kier alpha value is -3.92. The summed E-state index contributed by atoms with van der Waals surface area (Å²) in [5.74, 6) is -0.472. The van der Waals surface area contributed by atoms with Crippen LogP contribution in [0.5, 0.6) is 11.5 Å². The fourth-order valence-corrected chi connectivity index (χ4v) is 4.35. The fourth-order valence-electron chi connectivity index (χ4n) is 3.89. The molecule has 0 saturated heterocycles. The van der Waals surface area contributed by atoms with Crippen LogP contribution in [0.25, 0.3) is 11.1 Å². The average molecular weight is 484 g/mol. The number of methoxy groups -OCH3 is 1. The van der Waals surface area contributed by atoms with Crippen molar-refractivity contribution in [2.45, 2.75) is 5.54 Å². The van der Waals surface area contributed by atoms with Gasteiger partial charge in [-0.3, -0.25) is 9.69 Å². The van der Waals surface area contributed by atoms with Gasteiger partial charge in [0, 0.05) is 12.6 Å². The molecule has 4 rings (SSSR count). The number of hydrogen-bond acceptors (Lipinski definition) is 7. The predicted octanol–water partition coefficient (Wildman–Crippen LogP) is 2.87. The number of guanidine groups is 1. The number of carbonyl (C=O) groups excluding carboxylic acids is 1. The van der Waals surface area contributed by atoms with Gasteiger partial charge >= 0.3 is 10.1 Å². The molecule has 0 fully saturated rings. The predicted molar refractivity (Wildman–Crippen MR) is 125 cm³/mol. The lowest BCUT2D eigenvalue weighted by molar-refractivity contribution is -0.129. The lowest BCUT2D eigenvalue weighted by Crippen LogP contribution is -2.41. The first kappa shape index (κ1) is 23.2. The number of aliphatic imine (C=N–C) groups is 1. The Bertz CT molecular complexity index is 1420. The minimum Gasteiger partial charge on any atom is -0.497 e. The number of carbonyl (C=O) groups is 1. The van der Waals surface area contributed by atoms with Crippen LogP contribution in [-0.4, -0.2) is 45.6 Å². The van der Waals surface area contributed by atoms with Crippen molar-refractivity contribution in [1.82, 2.24) is 4.90 Å². The summed E-state index contributed by atoms with van der Waals surface area (Å²) in [5, 5.41) is 0. The molecule has 34 heavy (non-hydrogen) atoms. The van der Waals surface area contributed by atoms with Crippen molar-refractivity contribution in [3.8, 4) is 22.6 Å². The maximum Gasteiger partial charge on any atom is 0.306 e. The van der Waals surface area contributed by atoms with E-state index in [0.29, 0.717) is 22.4 Å². The Labute approximate surface area is 196 Å². The van der Waals surface area contributed by atoms with Crippen LogP contribution < -0.4 is 14.7 Å². The lowest BCUT2D eigenvalue weighted by Gasteiger charge is -2.27. The molecule has 0 saturated carbocycles. The molecule has 8 nitrogen and oxygen atoms in total. The highest BCUT2D eigenvalue weighted by molar-refractivity contribution is 7.86. The molecule has 1 amide bonds. The number of halogens is 1. The number of hydrogen-bond donors (Lipinski definition) is 1. The number of ether oxygens (including phenoxy) is 1. The van der Waals surface area contributed by atoms with Crippen molar-refractivity contribution < 1.29 is 26.5 Å². The molecule has 3 aromatic rings. The van der Waals surface area contributed by atoms with Gasteiger partial charge in [-0.25, -0.2) is 9.38 Å². The first-order chi connectivity index (χ1) is 16.0. The summed E-state index contributed by atoms with van der Waals surface area (Å²) in [7, 11) is -0.820. The first-order valence-electron chi connectivity index (χ1n) is 10.1. The Balaban J connectivity index is 1.94. The zero-order valence-corrected chi connectivity index (χ0v) is 19.5. The molecule has 0 aromatic heterocycles. The van der Waals surface area contributed by atoms with Crippen LogP contribution in [-0.2, 0) is 20.5 Å². The second kappa shape index (κ2) is 8.45. The molecule has 0 spiro atoms. The second-order valence-electron chi connectivity index (χ2n) is 7.79. The Kier molecular flexibility index (Phi) is 5.78. The molecule has 10 heteroatoms. The minimum atomic E-state index is -3.81. The molecule has 2 N–H and O–H groups in total. The van der Waals surface area contributed by atoms with Gasteiger partial charge in [-0.1, -0.05) is 30.3 Å². The van der Waals surface area contributed by atoms with E-state index in [-0.39, 0.29) is 17.3 Å². The molecule has 0 radical (unpaired) electrons. The summed E-state index contributed by atoms with van der Waals surface area (Å²) in [6, 6.07) is 17.1. The Morgan fingerprint density at radius 3 is 2.32 bits per heavy atom. The number of nitrogens with two attached hydrogens (primary N) is 1. The van der Waals surface area contributed by atoms with Crippen LogP contribution in [0.15, 0.2) is 71.7 Å². The smallest absolute Gasteiger partial charge is 0.306 e. The standard InChI is InChI=1S/C24H22FN3O5S/c1-28-22(29)24(27-23(28)26,16-7-5-9-19(13-16)33-34(3,30)31)17-10-11-21(25)20(14-17)15-6-4-8-18(12-15)32-2/h4-14H,1-3H3,(H2,26,27). The summed E-state index contributed by atoms with van der Waals surface area (Å²) < 4.78 is 48.5. The van der Waals surface area contributed by atoms with Gasteiger partial charge in [-0.15, -0.1) is 0 Å². The molecule has 0 aliphatic carbocycles. The van der Waals surface area contributed by atoms with Gasteiger partial charge in [0.25, 0.3) is 5.91 Å². The van der Waals surface area contributed by atoms with Crippen molar-refractivity contribution in [1.29, 1.82) is 0 Å². The zero-order chi connectivity index (χ0) is 24.7. The van der Waals surface area contributed by atoms with E-state index in [4.69, 9.17) is 14.7 Å². The van der Waals surface area contributed by atoms with Crippen molar-refractivity contribution in [3.05, 3.63) is 83.7 Å². The second-order valence-corrected chi connectivity index (χ2v) is 9.36. The van der Waals surface area contributed by atoms with Gasteiger partial charge in [-0.2, -0.15) is 8.42 Å². The van der Waals surface area contributed by atoms with E-state index < -0.39 is 27.4 Å². The minimum absolute atomic E-state index is 0.00521. The quantitative estimate of drug-likeness (QED) is 0.540. The highest BCUT2D eigenvalue weighted by Crippen LogP contribution is 2.42. The Morgan fingerprint density at radius 1 is 1.00 bits per heavy atom. The summed E-state index contributed by atoms with van der Waals surface area (Å²) in [5.41, 5.74) is 5.78. The van der Waals surface area contributed by atoms with Crippen molar-refractivity contribution in [2.75, 3.05) is 20.4 Å². The molecular weight excluding hydrogens is 461 g/mol. The topological polar surface area (TPSA) is 111 Å². The summed E-state index contributed by atoms with van der Waals surface area (Å²) in [4.78, 5) is 19.2. The Morgan fingerprint density at radius 2 is 1.68 bits per heavy atom. The molecule has 3 aromatic carbocycles. The maximum atomic E-state index is 14.9. The molecule has 1 heterocycles. The molecule has 176 valence electrons. The lowest BCUT2D eigenvalue weighted by atomic mass is 9.81. The number of amides is 1. The maximum absolute atomic E-state index is 14.9. The molecule has 0 bridgehead atoms. The number of nitrogens with zero attached hydrogens (tertiary/aromatic N) is 2. The van der Waals surface area contributed by atoms with Crippen LogP contribution in [0.4, 0.5) is 4.39 Å². The molecule has 1 atom stereocenters. The monoisotopic (exact) mass is 483 g/mol. The third-order valence-corrected chi connectivity index (χ3v) is 6.00. The molecule has 1 aliphatic heterocycles. The van der Waals surface area contributed by atoms with Crippen LogP contribution in [0, 0.1) is 5.82 Å². The molecule has 1 unspecified atom stereocenters. The van der Waals surface area contributed by atoms with Crippen molar-refractivity contribution >= 4 is 22.0 Å². The number of rotatable bonds is 6. The first-order valence-corrected chi connectivity index (χ1v) is 11.9. The fraction of sp³-hybridized carbons (Fsp3) is 0.167. The molecular formula is C24H22FN3O5S. The van der Waals surface area contributed by atoms with Crippen LogP contribution in [0.1, 0.15) is 11.1 Å². The highest BCUT2D eigenvalue weighted by Gasteiger charge is 2.50. The zero-order valence-electron chi connectivity index (χ0n) is 18.7. The van der Waals surface area contributed by atoms with E-state index in [1.807, 2.05) is 0 Å². The largest absolute Gasteiger partial charge is 0.497 e. The summed E-state index contributed by atoms with van der Waals surface area (Å²) >= 11 is 0. The van der Waals surface area contributed by atoms with E-state index >= 15 is 0 Å². The van der Waals surface area contributed by atoms with E-state index in [9.17, 15) is 17.6 Å². The van der Waals surface area contributed by atoms with Gasteiger partial charge in [0.05, 0.1) is 13.4 Å². The van der Waals surface area contributed by atoms with Gasteiger partial charge in [0.2, 0.25) is 0 Å². The number of benzene rings is 3. The van der Waals surface area contributed by atoms with Gasteiger partial charge in [-0.05, 0) is 53.1 Å². The van der Waals surface area contributed by atoms with E-state index in [2.05, 4.69) is 4.99 Å². The SMILES string of the molecule is COc1cccc(-c2cc(C3(c4cccc(OS(C)(=O)=O)c4)N=C(N)N(C)C3=O)ccc2F)c1. The van der Waals surface area contributed by atoms with Crippen LogP contribution in [0.2, 0.25) is 0 Å². The van der Waals surface area contributed by atoms with Gasteiger partial charge < -0.3 is 14.7 Å². The van der Waals surface area contributed by atoms with Gasteiger partial charge in [0.15, 0.2) is 11.5 Å². The third-order valence-electron chi connectivity index (χ3n) is 5.50. The van der Waals surface area contributed by atoms with Crippen molar-refractivity contribution in [2.24, 2.45) is 10.7 Å². The average Bonchev–Trinajstić information content (AvgIpc) is 3.03. The summed E-state index contributed by atoms with van der Waals surface area (Å²) in [6.45, 7) is 0. The van der Waals surface area contributed by atoms with E-state index in [0.717, 1.165) is 6.26 Å². The van der Waals surface area contributed by atoms with Gasteiger partial charge in [0.1, 0.15) is 17.3 Å². The molecule has 1 aliphatic rings. The van der Waals surface area contributed by atoms with Crippen LogP contribution in [0.3, 0.4) is 0 Å². The third kappa shape index (κ3) is 4.08. The normalized spacial score (nSPS) is 18.1. The highest BCUT2D eigenvalue weighted by atomic mass is 32.2. The van der Waals surface area contributed by atoms with Crippen molar-refractivity contribution in [3.63, 3.8) is 0 Å². The van der Waals surface area contributed by atoms with E-state index in [1.54, 1.807) is 36.4 Å². The van der Waals surface area contributed by atoms with E-state index in [1.165, 1.54) is 49.4 Å². The summed E-state index contributed by atoms with van der Waals surface area (Å²) in [6.07, 6.45) is 0.917.